The Balaban J connectivity index is 1.30. The van der Waals surface area contributed by atoms with Crippen LogP contribution in [-0.2, 0) is 10.2 Å². The van der Waals surface area contributed by atoms with Gasteiger partial charge in [0.15, 0.2) is 0 Å². The van der Waals surface area contributed by atoms with E-state index < -0.39 is 5.41 Å². The average molecular weight is 495 g/mol. The first kappa shape index (κ1) is 23.9. The Bertz CT molecular complexity index is 1490. The molecular formula is C28H26N6O3. The smallest absolute Gasteiger partial charge is 0.256 e. The number of anilines is 4. The van der Waals surface area contributed by atoms with Gasteiger partial charge in [-0.3, -0.25) is 9.59 Å². The topological polar surface area (TPSA) is 109 Å². The highest BCUT2D eigenvalue weighted by Gasteiger charge is 2.42. The molecule has 0 radical (unpaired) electrons. The maximum Gasteiger partial charge on any atom is 0.256 e. The molecule has 5 rings (SSSR count). The number of ether oxygens (including phenoxy) is 1. The summed E-state index contributed by atoms with van der Waals surface area (Å²) in [7, 11) is 1.79. The van der Waals surface area contributed by atoms with Gasteiger partial charge in [0.05, 0.1) is 5.41 Å². The number of benzene rings is 2. The number of aromatic nitrogens is 3. The van der Waals surface area contributed by atoms with Crippen LogP contribution in [0.15, 0.2) is 73.1 Å². The number of carbonyl (C=O) groups excluding carboxylic acids is 2. The van der Waals surface area contributed by atoms with Crippen molar-refractivity contribution in [3.8, 4) is 11.6 Å². The third-order valence-corrected chi connectivity index (χ3v) is 6.29. The first-order valence-corrected chi connectivity index (χ1v) is 11.8. The Hall–Kier alpha value is -4.79. The second-order valence-corrected chi connectivity index (χ2v) is 9.32. The van der Waals surface area contributed by atoms with Gasteiger partial charge in [0.1, 0.15) is 11.6 Å². The van der Waals surface area contributed by atoms with Crippen molar-refractivity contribution >= 4 is 35.0 Å². The number of hydrogen-bond donors (Lipinski definition) is 2. The first-order valence-electron chi connectivity index (χ1n) is 11.8. The number of nitrogens with one attached hydrogen (secondary N) is 2. The standard InChI is InChI=1S/C28H26N6O3/c1-17-16-30-27(31-19-10-13-22-21(15-19)28(2,3)26(36)34(22)4)33-25(17)37-20-11-8-18(9-12-20)24(35)32-23-7-5-6-14-29-23/h5-16H,1-4H3,(H,29,32,35)(H,30,31,33). The molecule has 2 aromatic carbocycles. The van der Waals surface area contributed by atoms with Crippen LogP contribution in [0.3, 0.4) is 0 Å². The maximum atomic E-state index is 12.6. The first-order chi connectivity index (χ1) is 17.7. The Morgan fingerprint density at radius 1 is 1.03 bits per heavy atom. The van der Waals surface area contributed by atoms with E-state index in [1.54, 1.807) is 66.8 Å². The number of hydrogen-bond acceptors (Lipinski definition) is 7. The maximum absolute atomic E-state index is 12.6. The van der Waals surface area contributed by atoms with Crippen molar-refractivity contribution in [2.75, 3.05) is 22.6 Å². The van der Waals surface area contributed by atoms with Crippen molar-refractivity contribution in [2.24, 2.45) is 0 Å². The summed E-state index contributed by atoms with van der Waals surface area (Å²) in [6.45, 7) is 5.69. The molecule has 0 saturated carbocycles. The van der Waals surface area contributed by atoms with Crippen molar-refractivity contribution in [3.05, 3.63) is 89.7 Å². The van der Waals surface area contributed by atoms with Gasteiger partial charge in [0, 0.05) is 41.9 Å². The molecule has 2 aromatic heterocycles. The number of carbonyl (C=O) groups is 2. The van der Waals surface area contributed by atoms with Gasteiger partial charge >= 0.3 is 0 Å². The van der Waals surface area contributed by atoms with Gasteiger partial charge in [-0.15, -0.1) is 0 Å². The van der Waals surface area contributed by atoms with Crippen LogP contribution in [0.1, 0.15) is 35.3 Å². The summed E-state index contributed by atoms with van der Waals surface area (Å²) >= 11 is 0. The molecule has 0 aliphatic carbocycles. The van der Waals surface area contributed by atoms with E-state index in [-0.39, 0.29) is 11.8 Å². The summed E-state index contributed by atoms with van der Waals surface area (Å²) in [5, 5.41) is 5.96. The minimum atomic E-state index is -0.606. The van der Waals surface area contributed by atoms with Crippen LogP contribution in [0, 0.1) is 6.92 Å². The van der Waals surface area contributed by atoms with E-state index in [9.17, 15) is 9.59 Å². The molecule has 186 valence electrons. The third kappa shape index (κ3) is 4.71. The second kappa shape index (κ2) is 9.34. The zero-order valence-electron chi connectivity index (χ0n) is 20.9. The van der Waals surface area contributed by atoms with Gasteiger partial charge in [0.25, 0.3) is 5.91 Å². The lowest BCUT2D eigenvalue weighted by atomic mass is 9.86. The molecular weight excluding hydrogens is 468 g/mol. The minimum Gasteiger partial charge on any atom is -0.439 e. The summed E-state index contributed by atoms with van der Waals surface area (Å²) in [6, 6.07) is 17.8. The van der Waals surface area contributed by atoms with Gasteiger partial charge in [-0.2, -0.15) is 4.98 Å². The fourth-order valence-electron chi connectivity index (χ4n) is 4.18. The molecule has 2 N–H and O–H groups in total. The average Bonchev–Trinajstić information content (AvgIpc) is 3.06. The Morgan fingerprint density at radius 3 is 2.54 bits per heavy atom. The van der Waals surface area contributed by atoms with Crippen molar-refractivity contribution in [1.82, 2.24) is 15.0 Å². The zero-order chi connectivity index (χ0) is 26.2. The van der Waals surface area contributed by atoms with Gasteiger partial charge < -0.3 is 20.3 Å². The predicted octanol–water partition coefficient (Wildman–Crippen LogP) is 5.22. The third-order valence-electron chi connectivity index (χ3n) is 6.29. The number of likely N-dealkylation sites (N-methyl/N-ethyl adjacent to an activating group) is 1. The highest BCUT2D eigenvalue weighted by atomic mass is 16.5. The molecule has 0 spiro atoms. The number of aryl methyl sites for hydroxylation is 1. The molecule has 0 atom stereocenters. The van der Waals surface area contributed by atoms with E-state index in [1.165, 1.54) is 0 Å². The molecule has 1 aliphatic heterocycles. The van der Waals surface area contributed by atoms with Gasteiger partial charge in [0.2, 0.25) is 17.7 Å². The minimum absolute atomic E-state index is 0.0576. The van der Waals surface area contributed by atoms with Crippen LogP contribution in [0.5, 0.6) is 11.6 Å². The number of amides is 2. The Labute approximate surface area is 214 Å². The summed E-state index contributed by atoms with van der Waals surface area (Å²) < 4.78 is 5.99. The molecule has 0 bridgehead atoms. The lowest BCUT2D eigenvalue weighted by Crippen LogP contribution is -2.33. The second-order valence-electron chi connectivity index (χ2n) is 9.32. The van der Waals surface area contributed by atoms with E-state index in [4.69, 9.17) is 4.74 Å². The van der Waals surface area contributed by atoms with E-state index in [2.05, 4.69) is 25.6 Å². The number of fused-ring (bicyclic) bond motifs is 1. The molecule has 9 heteroatoms. The van der Waals surface area contributed by atoms with Crippen molar-refractivity contribution in [2.45, 2.75) is 26.2 Å². The Morgan fingerprint density at radius 2 is 1.81 bits per heavy atom. The molecule has 3 heterocycles. The van der Waals surface area contributed by atoms with Crippen molar-refractivity contribution in [1.29, 1.82) is 0 Å². The quantitative estimate of drug-likeness (QED) is 0.378. The predicted molar refractivity (Wildman–Crippen MR) is 142 cm³/mol. The fraction of sp³-hybridized carbons (Fsp3) is 0.179. The monoisotopic (exact) mass is 494 g/mol. The van der Waals surface area contributed by atoms with Gasteiger partial charge in [-0.1, -0.05) is 6.07 Å². The number of rotatable bonds is 6. The van der Waals surface area contributed by atoms with Gasteiger partial charge in [-0.25, -0.2) is 9.97 Å². The van der Waals surface area contributed by atoms with Crippen LogP contribution in [0.2, 0.25) is 0 Å². The molecule has 37 heavy (non-hydrogen) atoms. The fourth-order valence-corrected chi connectivity index (χ4v) is 4.18. The van der Waals surface area contributed by atoms with Crippen molar-refractivity contribution in [3.63, 3.8) is 0 Å². The van der Waals surface area contributed by atoms with Gasteiger partial charge in [-0.05, 0) is 80.9 Å². The molecule has 0 unspecified atom stereocenters. The molecule has 9 nitrogen and oxygen atoms in total. The molecule has 4 aromatic rings. The highest BCUT2D eigenvalue weighted by Crippen LogP contribution is 2.42. The van der Waals surface area contributed by atoms with E-state index >= 15 is 0 Å². The van der Waals surface area contributed by atoms with Crippen LogP contribution in [0.4, 0.5) is 23.1 Å². The summed E-state index contributed by atoms with van der Waals surface area (Å²) in [5.41, 5.74) is 3.23. The molecule has 2 amide bonds. The van der Waals surface area contributed by atoms with E-state index in [1.807, 2.05) is 39.0 Å². The lowest BCUT2D eigenvalue weighted by Gasteiger charge is -2.17. The number of nitrogens with zero attached hydrogens (tertiary/aromatic N) is 4. The highest BCUT2D eigenvalue weighted by molar-refractivity contribution is 6.07. The molecule has 0 fully saturated rings. The Kier molecular flexibility index (Phi) is 6.04. The summed E-state index contributed by atoms with van der Waals surface area (Å²) in [6.07, 6.45) is 3.29. The normalized spacial score (nSPS) is 13.7. The van der Waals surface area contributed by atoms with E-state index in [0.29, 0.717) is 29.0 Å². The SMILES string of the molecule is Cc1cnc(Nc2ccc3c(c2)C(C)(C)C(=O)N3C)nc1Oc1ccc(C(=O)Nc2ccccn2)cc1. The lowest BCUT2D eigenvalue weighted by molar-refractivity contribution is -0.121. The van der Waals surface area contributed by atoms with Crippen LogP contribution < -0.4 is 20.3 Å². The summed E-state index contributed by atoms with van der Waals surface area (Å²) in [5.74, 6) is 1.56. The van der Waals surface area contributed by atoms with Crippen LogP contribution >= 0.6 is 0 Å². The van der Waals surface area contributed by atoms with E-state index in [0.717, 1.165) is 22.5 Å². The molecule has 0 saturated heterocycles. The molecule has 1 aliphatic rings. The summed E-state index contributed by atoms with van der Waals surface area (Å²) in [4.78, 5) is 39.7. The number of pyridine rings is 1. The van der Waals surface area contributed by atoms with Crippen LogP contribution in [0.25, 0.3) is 0 Å². The largest absolute Gasteiger partial charge is 0.439 e. The van der Waals surface area contributed by atoms with Crippen LogP contribution in [-0.4, -0.2) is 33.8 Å². The van der Waals surface area contributed by atoms with Crippen molar-refractivity contribution < 1.29 is 14.3 Å². The zero-order valence-corrected chi connectivity index (χ0v) is 20.9.